The third-order valence-corrected chi connectivity index (χ3v) is 1.94. The topological polar surface area (TPSA) is 76.4 Å². The van der Waals surface area contributed by atoms with Crippen molar-refractivity contribution in [2.24, 2.45) is 0 Å². The zero-order chi connectivity index (χ0) is 10.7. The van der Waals surface area contributed by atoms with E-state index in [9.17, 15) is 0 Å². The minimum atomic E-state index is 0.0629. The maximum absolute atomic E-state index is 8.60. The molecular formula is C10H10N4O. The Hall–Kier alpha value is -2.06. The highest BCUT2D eigenvalue weighted by atomic mass is 16.2. The summed E-state index contributed by atoms with van der Waals surface area (Å²) in [4.78, 5) is 3.87. The largest absolute Gasteiger partial charge is 0.395 e. The van der Waals surface area contributed by atoms with E-state index in [0.717, 1.165) is 11.2 Å². The fraction of sp³-hybridized carbons (Fsp3) is 0.200. The standard InChI is InChI=1S/C10H10N4O/c11-10-9-5-4-8(3-1-2-6-15)14(9)13-7-12-10/h4-5,7,15H,2,6H2,(H2,11,12,13). The zero-order valence-electron chi connectivity index (χ0n) is 8.01. The molecule has 0 aliphatic carbocycles. The molecule has 0 atom stereocenters. The summed E-state index contributed by atoms with van der Waals surface area (Å²) >= 11 is 0. The molecule has 0 aliphatic heterocycles. The molecular weight excluding hydrogens is 192 g/mol. The van der Waals surface area contributed by atoms with E-state index in [0.29, 0.717) is 12.2 Å². The lowest BCUT2D eigenvalue weighted by atomic mass is 10.4. The maximum atomic E-state index is 8.60. The molecule has 15 heavy (non-hydrogen) atoms. The molecule has 0 saturated carbocycles. The zero-order valence-corrected chi connectivity index (χ0v) is 8.01. The Kier molecular flexibility index (Phi) is 2.52. The number of hydrogen-bond donors (Lipinski definition) is 2. The van der Waals surface area contributed by atoms with E-state index >= 15 is 0 Å². The highest BCUT2D eigenvalue weighted by Gasteiger charge is 2.02. The first kappa shape index (κ1) is 9.49. The summed E-state index contributed by atoms with van der Waals surface area (Å²) in [6.07, 6.45) is 1.84. The van der Waals surface area contributed by atoms with E-state index in [-0.39, 0.29) is 6.61 Å². The number of nitrogen functional groups attached to an aromatic ring is 1. The van der Waals surface area contributed by atoms with Gasteiger partial charge in [0, 0.05) is 6.42 Å². The van der Waals surface area contributed by atoms with Crippen LogP contribution in [0.4, 0.5) is 5.82 Å². The third-order valence-electron chi connectivity index (χ3n) is 1.94. The van der Waals surface area contributed by atoms with Crippen LogP contribution in [0, 0.1) is 11.8 Å². The van der Waals surface area contributed by atoms with Crippen molar-refractivity contribution >= 4 is 11.3 Å². The van der Waals surface area contributed by atoms with Gasteiger partial charge in [0.05, 0.1) is 6.61 Å². The van der Waals surface area contributed by atoms with Crippen molar-refractivity contribution in [2.45, 2.75) is 6.42 Å². The van der Waals surface area contributed by atoms with E-state index in [1.165, 1.54) is 6.33 Å². The van der Waals surface area contributed by atoms with Crippen LogP contribution < -0.4 is 5.73 Å². The Morgan fingerprint density at radius 2 is 2.33 bits per heavy atom. The fourth-order valence-corrected chi connectivity index (χ4v) is 1.26. The van der Waals surface area contributed by atoms with E-state index in [4.69, 9.17) is 10.8 Å². The van der Waals surface area contributed by atoms with Crippen LogP contribution in [0.1, 0.15) is 12.1 Å². The summed E-state index contributed by atoms with van der Waals surface area (Å²) < 4.78 is 1.63. The van der Waals surface area contributed by atoms with Crippen LogP contribution in [0.15, 0.2) is 18.5 Å². The molecule has 5 heteroatoms. The molecule has 2 aromatic rings. The van der Waals surface area contributed by atoms with Gasteiger partial charge in [-0.05, 0) is 18.1 Å². The number of aliphatic hydroxyl groups excluding tert-OH is 1. The molecule has 2 rings (SSSR count). The number of aliphatic hydroxyl groups is 1. The van der Waals surface area contributed by atoms with Crippen molar-refractivity contribution in [3.63, 3.8) is 0 Å². The van der Waals surface area contributed by atoms with Gasteiger partial charge in [-0.2, -0.15) is 5.10 Å². The van der Waals surface area contributed by atoms with Crippen LogP contribution in [0.25, 0.3) is 5.52 Å². The SMILES string of the molecule is Nc1ncnn2c(C#CCCO)ccc12. The van der Waals surface area contributed by atoms with Gasteiger partial charge in [0.1, 0.15) is 17.5 Å². The molecule has 76 valence electrons. The molecule has 0 unspecified atom stereocenters. The molecule has 0 fully saturated rings. The molecule has 0 bridgehead atoms. The lowest BCUT2D eigenvalue weighted by Gasteiger charge is -1.96. The van der Waals surface area contributed by atoms with Crippen molar-refractivity contribution in [1.29, 1.82) is 0 Å². The van der Waals surface area contributed by atoms with Gasteiger partial charge >= 0.3 is 0 Å². The number of hydrogen-bond acceptors (Lipinski definition) is 4. The first-order valence-electron chi connectivity index (χ1n) is 4.51. The van der Waals surface area contributed by atoms with Crippen molar-refractivity contribution in [1.82, 2.24) is 14.6 Å². The molecule has 3 N–H and O–H groups in total. The normalized spacial score (nSPS) is 9.93. The Morgan fingerprint density at radius 1 is 1.47 bits per heavy atom. The van der Waals surface area contributed by atoms with Gasteiger partial charge in [-0.15, -0.1) is 0 Å². The first-order chi connectivity index (χ1) is 7.33. The van der Waals surface area contributed by atoms with Gasteiger partial charge in [-0.25, -0.2) is 9.50 Å². The molecule has 0 spiro atoms. The van der Waals surface area contributed by atoms with E-state index in [1.54, 1.807) is 4.52 Å². The Morgan fingerprint density at radius 3 is 3.13 bits per heavy atom. The summed E-state index contributed by atoms with van der Waals surface area (Å²) in [5, 5.41) is 12.6. The summed E-state index contributed by atoms with van der Waals surface area (Å²) in [7, 11) is 0. The van der Waals surface area contributed by atoms with Gasteiger partial charge in [-0.1, -0.05) is 5.92 Å². The van der Waals surface area contributed by atoms with Crippen molar-refractivity contribution in [3.05, 3.63) is 24.2 Å². The summed E-state index contributed by atoms with van der Waals surface area (Å²) in [6.45, 7) is 0.0629. The number of nitrogens with zero attached hydrogens (tertiary/aromatic N) is 3. The average molecular weight is 202 g/mol. The van der Waals surface area contributed by atoms with Crippen molar-refractivity contribution in [2.75, 3.05) is 12.3 Å². The molecule has 2 aromatic heterocycles. The lowest BCUT2D eigenvalue weighted by Crippen LogP contribution is -1.99. The van der Waals surface area contributed by atoms with Gasteiger partial charge in [0.15, 0.2) is 5.82 Å². The molecule has 0 saturated heterocycles. The van der Waals surface area contributed by atoms with Gasteiger partial charge in [-0.3, -0.25) is 0 Å². The molecule has 0 radical (unpaired) electrons. The summed E-state index contributed by atoms with van der Waals surface area (Å²) in [5.74, 6) is 6.16. The van der Waals surface area contributed by atoms with Crippen LogP contribution in [-0.4, -0.2) is 26.3 Å². The Balaban J connectivity index is 2.47. The third kappa shape index (κ3) is 1.75. The number of anilines is 1. The number of fused-ring (bicyclic) bond motifs is 1. The van der Waals surface area contributed by atoms with Gasteiger partial charge in [0.25, 0.3) is 0 Å². The average Bonchev–Trinajstić information content (AvgIpc) is 2.64. The number of rotatable bonds is 1. The molecule has 0 aliphatic rings. The van der Waals surface area contributed by atoms with E-state index in [2.05, 4.69) is 21.9 Å². The van der Waals surface area contributed by atoms with E-state index < -0.39 is 0 Å². The lowest BCUT2D eigenvalue weighted by molar-refractivity contribution is 0.305. The molecule has 0 amide bonds. The smallest absolute Gasteiger partial charge is 0.151 e. The van der Waals surface area contributed by atoms with Crippen LogP contribution in [0.5, 0.6) is 0 Å². The second-order valence-corrected chi connectivity index (χ2v) is 2.94. The second-order valence-electron chi connectivity index (χ2n) is 2.94. The Labute approximate surface area is 86.6 Å². The van der Waals surface area contributed by atoms with Crippen LogP contribution in [0.3, 0.4) is 0 Å². The van der Waals surface area contributed by atoms with Gasteiger partial charge in [0.2, 0.25) is 0 Å². The Bertz CT molecular complexity index is 535. The van der Waals surface area contributed by atoms with Crippen molar-refractivity contribution in [3.8, 4) is 11.8 Å². The van der Waals surface area contributed by atoms with E-state index in [1.807, 2.05) is 12.1 Å². The molecule has 0 aromatic carbocycles. The highest BCUT2D eigenvalue weighted by molar-refractivity contribution is 5.66. The second kappa shape index (κ2) is 3.98. The minimum absolute atomic E-state index is 0.0629. The minimum Gasteiger partial charge on any atom is -0.395 e. The fourth-order valence-electron chi connectivity index (χ4n) is 1.26. The molecule has 2 heterocycles. The molecule has 5 nitrogen and oxygen atoms in total. The van der Waals surface area contributed by atoms with Gasteiger partial charge < -0.3 is 10.8 Å². The van der Waals surface area contributed by atoms with Crippen LogP contribution in [0.2, 0.25) is 0 Å². The predicted octanol–water partition coefficient (Wildman–Crippen LogP) is 0.0454. The summed E-state index contributed by atoms with van der Waals surface area (Å²) in [6, 6.07) is 3.64. The van der Waals surface area contributed by atoms with Crippen LogP contribution in [-0.2, 0) is 0 Å². The monoisotopic (exact) mass is 202 g/mol. The summed E-state index contributed by atoms with van der Waals surface area (Å²) in [5.41, 5.74) is 7.15. The van der Waals surface area contributed by atoms with Crippen LogP contribution >= 0.6 is 0 Å². The van der Waals surface area contributed by atoms with Crippen molar-refractivity contribution < 1.29 is 5.11 Å². The predicted molar refractivity (Wildman–Crippen MR) is 56.0 cm³/mol. The number of nitrogens with two attached hydrogens (primary N) is 1. The quantitative estimate of drug-likeness (QED) is 0.640. The first-order valence-corrected chi connectivity index (χ1v) is 4.51. The number of aromatic nitrogens is 3. The maximum Gasteiger partial charge on any atom is 0.151 e. The highest BCUT2D eigenvalue weighted by Crippen LogP contribution is 2.11.